The Morgan fingerprint density at radius 1 is 1.00 bits per heavy atom. The molecule has 0 bridgehead atoms. The van der Waals surface area contributed by atoms with Gasteiger partial charge >= 0.3 is 12.1 Å². The van der Waals surface area contributed by atoms with Crippen LogP contribution in [0.2, 0.25) is 10.0 Å². The van der Waals surface area contributed by atoms with Gasteiger partial charge in [0, 0.05) is 25.8 Å². The Morgan fingerprint density at radius 2 is 1.58 bits per heavy atom. The maximum atomic E-state index is 12.7. The third kappa shape index (κ3) is 7.77. The van der Waals surface area contributed by atoms with Gasteiger partial charge in [-0.15, -0.1) is 0 Å². The van der Waals surface area contributed by atoms with E-state index in [1.165, 1.54) is 11.9 Å². The van der Waals surface area contributed by atoms with Crippen molar-refractivity contribution in [1.82, 2.24) is 9.80 Å². The van der Waals surface area contributed by atoms with Crippen molar-refractivity contribution < 1.29 is 19.1 Å². The molecule has 1 saturated heterocycles. The molecule has 36 heavy (non-hydrogen) atoms. The summed E-state index contributed by atoms with van der Waals surface area (Å²) in [5, 5.41) is 6.41. The number of likely N-dealkylation sites (N-methyl/N-ethyl adjacent to an activating group) is 1. The van der Waals surface area contributed by atoms with Gasteiger partial charge < -0.3 is 25.2 Å². The number of nitrogens with one attached hydrogen (secondary N) is 2. The van der Waals surface area contributed by atoms with Crippen molar-refractivity contribution in [3.63, 3.8) is 0 Å². The first kappa shape index (κ1) is 27.6. The number of ether oxygens (including phenoxy) is 1. The van der Waals surface area contributed by atoms with E-state index in [-0.39, 0.29) is 18.5 Å². The van der Waals surface area contributed by atoms with Gasteiger partial charge in [-0.25, -0.2) is 9.59 Å². The minimum absolute atomic E-state index is 0.114. The lowest BCUT2D eigenvalue weighted by Crippen LogP contribution is -2.40. The van der Waals surface area contributed by atoms with E-state index in [9.17, 15) is 14.4 Å². The molecule has 0 radical (unpaired) electrons. The van der Waals surface area contributed by atoms with Crippen LogP contribution in [0.15, 0.2) is 42.5 Å². The molecule has 1 aliphatic heterocycles. The molecule has 1 heterocycles. The number of amides is 4. The van der Waals surface area contributed by atoms with Gasteiger partial charge in [-0.2, -0.15) is 0 Å². The number of para-hydroxylation sites is 1. The van der Waals surface area contributed by atoms with Crippen molar-refractivity contribution in [2.45, 2.75) is 45.1 Å². The average molecular weight is 535 g/mol. The molecule has 0 spiro atoms. The number of likely N-dealkylation sites (tertiary alicyclic amines) is 1. The van der Waals surface area contributed by atoms with Crippen molar-refractivity contribution in [3.05, 3.63) is 58.1 Å². The fourth-order valence-corrected chi connectivity index (χ4v) is 4.37. The number of hydrogen-bond donors (Lipinski definition) is 2. The Morgan fingerprint density at radius 3 is 2.14 bits per heavy atom. The highest BCUT2D eigenvalue weighted by atomic mass is 35.5. The third-order valence-electron chi connectivity index (χ3n) is 5.73. The number of anilines is 2. The van der Waals surface area contributed by atoms with Crippen LogP contribution in [-0.2, 0) is 9.53 Å². The van der Waals surface area contributed by atoms with Crippen LogP contribution in [0.5, 0.6) is 0 Å². The second-order valence-electron chi connectivity index (χ2n) is 9.79. The lowest BCUT2D eigenvalue weighted by molar-refractivity contribution is -0.117. The number of hydrogen-bond acceptors (Lipinski definition) is 4. The number of carbonyl (C=O) groups excluding carboxylic acids is 3. The molecule has 1 fully saturated rings. The Labute approximate surface area is 221 Å². The summed E-state index contributed by atoms with van der Waals surface area (Å²) in [4.78, 5) is 40.0. The summed E-state index contributed by atoms with van der Waals surface area (Å²) in [6.07, 6.45) is 1.08. The number of benzene rings is 2. The van der Waals surface area contributed by atoms with Gasteiger partial charge in [0.05, 0.1) is 15.7 Å². The van der Waals surface area contributed by atoms with E-state index in [0.717, 1.165) is 18.4 Å². The molecule has 1 aliphatic rings. The maximum Gasteiger partial charge on any atom is 0.410 e. The minimum atomic E-state index is -0.624. The SMILES string of the molecule is CN(CC(=O)Nc1ccc(C2CCN(C(=O)Nc3c(Cl)cccc3Cl)CC2)cc1)C(=O)OC(C)(C)C. The van der Waals surface area contributed by atoms with Crippen molar-refractivity contribution in [1.29, 1.82) is 0 Å². The van der Waals surface area contributed by atoms with Gasteiger partial charge in [-0.1, -0.05) is 41.4 Å². The topological polar surface area (TPSA) is 91.0 Å². The lowest BCUT2D eigenvalue weighted by Gasteiger charge is -2.32. The Bertz CT molecular complexity index is 1070. The van der Waals surface area contributed by atoms with Gasteiger partial charge in [0.2, 0.25) is 5.91 Å². The molecule has 2 aromatic carbocycles. The molecular weight excluding hydrogens is 503 g/mol. The molecule has 0 unspecified atom stereocenters. The van der Waals surface area contributed by atoms with Crippen LogP contribution >= 0.6 is 23.2 Å². The number of rotatable bonds is 5. The molecule has 0 saturated carbocycles. The van der Waals surface area contributed by atoms with E-state index >= 15 is 0 Å². The van der Waals surface area contributed by atoms with Crippen molar-refractivity contribution in [2.75, 3.05) is 37.3 Å². The zero-order valence-electron chi connectivity index (χ0n) is 20.9. The number of nitrogens with zero attached hydrogens (tertiary/aromatic N) is 2. The molecule has 2 N–H and O–H groups in total. The van der Waals surface area contributed by atoms with E-state index in [1.807, 2.05) is 24.3 Å². The minimum Gasteiger partial charge on any atom is -0.444 e. The smallest absolute Gasteiger partial charge is 0.410 e. The van der Waals surface area contributed by atoms with Crippen LogP contribution in [-0.4, -0.2) is 60.1 Å². The fourth-order valence-electron chi connectivity index (χ4n) is 3.88. The van der Waals surface area contributed by atoms with Crippen LogP contribution in [0.25, 0.3) is 0 Å². The first-order chi connectivity index (χ1) is 16.9. The zero-order chi connectivity index (χ0) is 26.5. The lowest BCUT2D eigenvalue weighted by atomic mass is 9.89. The molecule has 10 heteroatoms. The van der Waals surface area contributed by atoms with Crippen molar-refractivity contribution in [2.24, 2.45) is 0 Å². The first-order valence-corrected chi connectivity index (χ1v) is 12.5. The zero-order valence-corrected chi connectivity index (χ0v) is 22.4. The number of urea groups is 1. The molecule has 0 aliphatic carbocycles. The monoisotopic (exact) mass is 534 g/mol. The van der Waals surface area contributed by atoms with Crippen LogP contribution < -0.4 is 10.6 Å². The molecule has 194 valence electrons. The summed E-state index contributed by atoms with van der Waals surface area (Å²) in [5.41, 5.74) is 1.59. The molecule has 4 amide bonds. The molecule has 0 atom stereocenters. The normalized spacial score (nSPS) is 14.2. The molecular formula is C26H32Cl2N4O4. The summed E-state index contributed by atoms with van der Waals surface area (Å²) in [6, 6.07) is 12.5. The van der Waals surface area contributed by atoms with Crippen molar-refractivity contribution >= 4 is 52.6 Å². The van der Waals surface area contributed by atoms with Gasteiger partial charge in [0.1, 0.15) is 12.1 Å². The highest BCUT2D eigenvalue weighted by Gasteiger charge is 2.25. The van der Waals surface area contributed by atoms with E-state index in [1.54, 1.807) is 43.9 Å². The van der Waals surface area contributed by atoms with Gasteiger partial charge in [-0.3, -0.25) is 4.79 Å². The Kier molecular flexibility index (Phi) is 9.08. The predicted octanol–water partition coefficient (Wildman–Crippen LogP) is 6.21. The standard InChI is InChI=1S/C26H32Cl2N4O4/c1-26(2,3)36-25(35)31(4)16-22(33)29-19-10-8-17(9-11-19)18-12-14-32(15-13-18)24(34)30-23-20(27)6-5-7-21(23)28/h5-11,18H,12-16H2,1-4H3,(H,29,33)(H,30,34). The largest absolute Gasteiger partial charge is 0.444 e. The van der Waals surface area contributed by atoms with E-state index in [2.05, 4.69) is 10.6 Å². The molecule has 0 aromatic heterocycles. The molecule has 2 aromatic rings. The van der Waals surface area contributed by atoms with E-state index < -0.39 is 11.7 Å². The second-order valence-corrected chi connectivity index (χ2v) is 10.6. The average Bonchev–Trinajstić information content (AvgIpc) is 2.81. The Balaban J connectivity index is 1.48. The Hall–Kier alpha value is -2.97. The first-order valence-electron chi connectivity index (χ1n) is 11.8. The molecule has 3 rings (SSSR count). The predicted molar refractivity (Wildman–Crippen MR) is 143 cm³/mol. The molecule has 8 nitrogen and oxygen atoms in total. The second kappa shape index (κ2) is 11.8. The van der Waals surface area contributed by atoms with Crippen LogP contribution in [0.1, 0.15) is 45.1 Å². The number of halogens is 2. The van der Waals surface area contributed by atoms with E-state index in [0.29, 0.717) is 40.4 Å². The van der Waals surface area contributed by atoms with Gasteiger partial charge in [-0.05, 0) is 69.4 Å². The number of carbonyl (C=O) groups is 3. The quantitative estimate of drug-likeness (QED) is 0.476. The van der Waals surface area contributed by atoms with Gasteiger partial charge in [0.15, 0.2) is 0 Å². The summed E-state index contributed by atoms with van der Waals surface area (Å²) >= 11 is 12.3. The summed E-state index contributed by atoms with van der Waals surface area (Å²) in [6.45, 7) is 6.42. The third-order valence-corrected chi connectivity index (χ3v) is 6.36. The van der Waals surface area contributed by atoms with E-state index in [4.69, 9.17) is 27.9 Å². The van der Waals surface area contributed by atoms with Gasteiger partial charge in [0.25, 0.3) is 0 Å². The van der Waals surface area contributed by atoms with Crippen molar-refractivity contribution in [3.8, 4) is 0 Å². The fraction of sp³-hybridized carbons (Fsp3) is 0.423. The summed E-state index contributed by atoms with van der Waals surface area (Å²) < 4.78 is 5.26. The highest BCUT2D eigenvalue weighted by Crippen LogP contribution is 2.32. The van der Waals surface area contributed by atoms with Crippen LogP contribution in [0, 0.1) is 0 Å². The number of piperidine rings is 1. The highest BCUT2D eigenvalue weighted by molar-refractivity contribution is 6.39. The van der Waals surface area contributed by atoms with Crippen LogP contribution in [0.3, 0.4) is 0 Å². The maximum absolute atomic E-state index is 12.7. The summed E-state index contributed by atoms with van der Waals surface area (Å²) in [7, 11) is 1.52. The van der Waals surface area contributed by atoms with Crippen LogP contribution in [0.4, 0.5) is 21.0 Å². The summed E-state index contributed by atoms with van der Waals surface area (Å²) in [5.74, 6) is -0.00458.